The van der Waals surface area contributed by atoms with Crippen molar-refractivity contribution in [3.63, 3.8) is 0 Å². The number of aromatic nitrogens is 24. The van der Waals surface area contributed by atoms with Gasteiger partial charge in [0, 0.05) is 74.4 Å². The minimum atomic E-state index is -0.499. The van der Waals surface area contributed by atoms with Crippen molar-refractivity contribution in [1.29, 1.82) is 0 Å². The Kier molecular flexibility index (Phi) is 16.6. The van der Waals surface area contributed by atoms with E-state index >= 15 is 0 Å². The van der Waals surface area contributed by atoms with E-state index in [1.54, 1.807) is 30.0 Å². The molecular formula is C43H40N24O13S4. The molecule has 0 aliphatic heterocycles. The Bertz CT molecular complexity index is 4650. The molecule has 0 aliphatic carbocycles. The van der Waals surface area contributed by atoms with Crippen molar-refractivity contribution in [3.8, 4) is 62.3 Å². The monoisotopic (exact) mass is 1240 g/mol. The number of thiazole rings is 4. The third-order valence-electron chi connectivity index (χ3n) is 10.4. The van der Waals surface area contributed by atoms with E-state index in [0.29, 0.717) is 61.2 Å². The molecule has 84 heavy (non-hydrogen) atoms. The molecule has 12 aromatic rings. The first-order chi connectivity index (χ1) is 42.3. The largest absolute Gasteiger partial charge is 0.465 e. The van der Waals surface area contributed by atoms with E-state index in [-0.39, 0.29) is 86.1 Å². The van der Waals surface area contributed by atoms with Crippen molar-refractivity contribution in [1.82, 2.24) is 120 Å². The maximum Gasteiger partial charge on any atom is 0.369 e. The summed E-state index contributed by atoms with van der Waals surface area (Å²) in [5, 5.41) is 52.0. The molecule has 0 aliphatic rings. The van der Waals surface area contributed by atoms with E-state index in [1.165, 1.54) is 85.0 Å². The molecular weight excluding hydrogens is 1190 g/mol. The Morgan fingerprint density at radius 3 is 1.26 bits per heavy atom. The van der Waals surface area contributed by atoms with Crippen LogP contribution in [0.3, 0.4) is 0 Å². The van der Waals surface area contributed by atoms with Gasteiger partial charge in [-0.15, -0.1) is 25.2 Å². The molecule has 37 nitrogen and oxygen atoms in total. The van der Waals surface area contributed by atoms with Crippen LogP contribution in [0.15, 0.2) is 90.1 Å². The fraction of sp³-hybridized carbons (Fsp3) is 0.256. The average molecular weight is 1240 g/mol. The van der Waals surface area contributed by atoms with Crippen LogP contribution in [0.5, 0.6) is 26.7 Å². The lowest BCUT2D eigenvalue weighted by atomic mass is 10.2. The van der Waals surface area contributed by atoms with Crippen LogP contribution in [-0.2, 0) is 54.6 Å². The molecule has 0 atom stereocenters. The second kappa shape index (κ2) is 26.6. The quantitative estimate of drug-likeness (QED) is 0.103. The number of nitrogens with zero attached hydrogens (tertiary/aromatic N) is 24. The first-order valence-corrected chi connectivity index (χ1v) is 26.7. The number of rotatable bonds is 19. The molecule has 0 saturated heterocycles. The summed E-state index contributed by atoms with van der Waals surface area (Å²) in [6.45, 7) is 7.56. The smallest absolute Gasteiger partial charge is 0.369 e. The van der Waals surface area contributed by atoms with Gasteiger partial charge in [0.15, 0.2) is 5.76 Å². The number of hydrogen-bond donors (Lipinski definition) is 0. The topological polar surface area (TPSA) is 413 Å². The van der Waals surface area contributed by atoms with Gasteiger partial charge in [0.25, 0.3) is 20.8 Å². The van der Waals surface area contributed by atoms with Crippen LogP contribution in [0.25, 0.3) is 29.3 Å². The van der Waals surface area contributed by atoms with Gasteiger partial charge in [0.2, 0.25) is 29.0 Å². The van der Waals surface area contributed by atoms with Gasteiger partial charge < -0.3 is 41.8 Å². The first kappa shape index (κ1) is 52.5. The zero-order valence-electron chi connectivity index (χ0n) is 47.9. The predicted molar refractivity (Wildman–Crippen MR) is 286 cm³/mol. The molecule has 0 bridgehead atoms. The highest BCUT2D eigenvalue weighted by Gasteiger charge is 2.25. The van der Waals surface area contributed by atoms with Crippen molar-refractivity contribution in [2.45, 2.75) is 40.3 Å². The van der Waals surface area contributed by atoms with Gasteiger partial charge in [0.1, 0.15) is 37.8 Å². The summed E-state index contributed by atoms with van der Waals surface area (Å²) < 4.78 is 85.3. The zero-order chi connectivity index (χ0) is 62.8. The molecule has 0 N–H and O–H groups in total. The number of terminal acetylenes is 1. The van der Waals surface area contributed by atoms with Crippen molar-refractivity contribution in [3.05, 3.63) is 134 Å². The van der Waals surface area contributed by atoms with Gasteiger partial charge in [-0.1, -0.05) is 72.6 Å². The zero-order valence-corrected chi connectivity index (χ0v) is 47.1. The van der Waals surface area contributed by atoms with E-state index in [9.17, 15) is 19.2 Å². The van der Waals surface area contributed by atoms with Crippen LogP contribution >= 0.6 is 45.3 Å². The van der Waals surface area contributed by atoms with E-state index < -0.39 is 22.8 Å². The number of ether oxygens (including phenoxy) is 5. The lowest BCUT2D eigenvalue weighted by Crippen LogP contribution is -2.23. The van der Waals surface area contributed by atoms with Gasteiger partial charge in [-0.2, -0.15) is 18.7 Å². The SMILES string of the molecule is [3H]c1csc(OCc2c(-n3nnn(C)c3=O)noc2C#C)n1.[3H]c1csc(OCc2c(-n3nnn(C)c3=O)noc2C)n1.[3H]c1csc(OCc2c(-n3nnn(C)c3=O)noc2C=C)n1.[3H]c1csc(OCc2c(-n3nnn(C)c3=O)noc2OCC)n1. The third-order valence-corrected chi connectivity index (χ3v) is 12.9. The molecule has 41 heteroatoms. The molecule has 434 valence electrons. The van der Waals surface area contributed by atoms with Gasteiger partial charge in [-0.05, 0) is 67.6 Å². The normalized spacial score (nSPS) is 11.4. The molecule has 0 spiro atoms. The van der Waals surface area contributed by atoms with E-state index in [4.69, 9.17) is 53.7 Å². The van der Waals surface area contributed by atoms with Gasteiger partial charge in [-0.25, -0.2) is 39.1 Å². The van der Waals surface area contributed by atoms with E-state index in [1.807, 2.05) is 0 Å². The maximum atomic E-state index is 12.0. The highest BCUT2D eigenvalue weighted by molar-refractivity contribution is 7.12. The lowest BCUT2D eigenvalue weighted by molar-refractivity contribution is 0.214. The van der Waals surface area contributed by atoms with Crippen LogP contribution in [0.4, 0.5) is 0 Å². The third kappa shape index (κ3) is 13.0. The van der Waals surface area contributed by atoms with E-state index in [0.717, 1.165) is 37.5 Å². The Hall–Kier alpha value is -10.9. The fourth-order valence-corrected chi connectivity index (χ4v) is 8.09. The Labute approximate surface area is 488 Å². The summed E-state index contributed by atoms with van der Waals surface area (Å²) in [6, 6.07) is 0. The summed E-state index contributed by atoms with van der Waals surface area (Å²) in [4.78, 5) is 63.1. The average Bonchev–Trinajstić information content (AvgIpc) is 3.32. The first-order valence-electron chi connectivity index (χ1n) is 25.2. The van der Waals surface area contributed by atoms with Crippen LogP contribution < -0.4 is 46.4 Å². The minimum Gasteiger partial charge on any atom is -0.465 e. The molecule has 0 aromatic carbocycles. The summed E-state index contributed by atoms with van der Waals surface area (Å²) in [5.41, 5.74) is -0.0622. The molecule has 0 radical (unpaired) electrons. The summed E-state index contributed by atoms with van der Waals surface area (Å²) in [6.07, 6.45) is 7.29. The van der Waals surface area contributed by atoms with Crippen molar-refractivity contribution in [2.24, 2.45) is 28.2 Å². The predicted octanol–water partition coefficient (Wildman–Crippen LogP) is 1.29. The fourth-order valence-electron chi connectivity index (χ4n) is 6.33. The molecule has 0 fully saturated rings. The summed E-state index contributed by atoms with van der Waals surface area (Å²) in [7, 11) is 5.88. The second-order valence-corrected chi connectivity index (χ2v) is 18.9. The molecule has 0 saturated carbocycles. The van der Waals surface area contributed by atoms with Gasteiger partial charge in [-0.3, -0.25) is 0 Å². The van der Waals surface area contributed by atoms with Crippen LogP contribution in [0.2, 0.25) is 0 Å². The van der Waals surface area contributed by atoms with Crippen molar-refractivity contribution in [2.75, 3.05) is 6.61 Å². The number of hydrogen-bond acceptors (Lipinski definition) is 33. The highest BCUT2D eigenvalue weighted by atomic mass is 32.1. The number of aryl methyl sites for hydroxylation is 5. The maximum absolute atomic E-state index is 12.0. The number of tetrazole rings is 4. The lowest BCUT2D eigenvalue weighted by Gasteiger charge is -2.04. The van der Waals surface area contributed by atoms with Crippen LogP contribution in [-0.4, -0.2) is 126 Å². The molecule has 12 rings (SSSR count). The van der Waals surface area contributed by atoms with Gasteiger partial charge in [0.05, 0.1) is 28.8 Å². The molecule has 0 amide bonds. The molecule has 12 aromatic heterocycles. The summed E-state index contributed by atoms with van der Waals surface area (Å²) in [5.74, 6) is 4.07. The van der Waals surface area contributed by atoms with Crippen LogP contribution in [0.1, 0.15) is 51.9 Å². The van der Waals surface area contributed by atoms with E-state index in [2.05, 4.69) is 94.8 Å². The van der Waals surface area contributed by atoms with Crippen molar-refractivity contribution >= 4 is 51.4 Å². The Balaban J connectivity index is 0.000000140. The Morgan fingerprint density at radius 2 is 0.881 bits per heavy atom. The standard InChI is InChI=1S/C11H12N6O4S.C11H10N6O3S.C11H8N6O3S.C10H10N6O3S/c1-3-19-9-7(6-20-10-12-4-5-22-10)8(13-21-9)17-11(18)16(2)14-15-17;2*1-3-8-7(6-19-10-12-4-5-21-10)9(13-20-8)17-11(18)16(2)14-15-17;1-6-7(5-18-9-11-3-4-20-9)8(12-19-6)16-10(17)15(2)13-14-16/h4-5H,3,6H2,1-2H3;3-5H,1,6H2,2H3;1,4-5H,6H2,2H3;3-4H,5H2,1-2H3/i3*4T;3T. The molecule has 0 unspecified atom stereocenters. The van der Waals surface area contributed by atoms with Crippen LogP contribution in [0, 0.1) is 19.3 Å². The summed E-state index contributed by atoms with van der Waals surface area (Å²) >= 11 is 4.77. The molecule has 12 heterocycles. The van der Waals surface area contributed by atoms with Crippen molar-refractivity contribution < 1.29 is 47.3 Å². The minimum absolute atomic E-state index is 0.00979. The Morgan fingerprint density at radius 1 is 0.524 bits per heavy atom. The second-order valence-electron chi connectivity index (χ2n) is 15.6. The van der Waals surface area contributed by atoms with Gasteiger partial charge >= 0.3 is 28.7 Å². The highest BCUT2D eigenvalue weighted by Crippen LogP contribution is 2.28.